The largest absolute Gasteiger partial charge is 0.507 e. The van der Waals surface area contributed by atoms with E-state index in [2.05, 4.69) is 32.2 Å². The molecular weight excluding hydrogens is 375 g/mol. The Bertz CT molecular complexity index is 477. The molecule has 6 heteroatoms. The molecule has 2 N–H and O–H groups in total. The Labute approximate surface area is 147 Å². The fourth-order valence-corrected chi connectivity index (χ4v) is 3.70. The highest BCUT2D eigenvalue weighted by molar-refractivity contribution is 9.10. The van der Waals surface area contributed by atoms with Gasteiger partial charge >= 0.3 is 0 Å². The van der Waals surface area contributed by atoms with Crippen molar-refractivity contribution >= 4 is 40.7 Å². The molecule has 0 spiro atoms. The summed E-state index contributed by atoms with van der Waals surface area (Å²) in [4.78, 5) is 2.54. The zero-order valence-corrected chi connectivity index (χ0v) is 15.4. The standard InChI is InChI=1S/C15H21BrN2O.2ClH/c1-10-8-12(16)9-13(15(10)19)14(11-2-3-11)18-6-4-17-5-7-18;;/h8-9,11,14,17,19H,2-7H2,1H3;2*1H/t14-;;/m1../s1. The number of nitrogens with zero attached hydrogens (tertiary/aromatic N) is 1. The molecule has 0 unspecified atom stereocenters. The van der Waals surface area contributed by atoms with Gasteiger partial charge in [0.15, 0.2) is 0 Å². The van der Waals surface area contributed by atoms with Crippen molar-refractivity contribution in [2.24, 2.45) is 5.92 Å². The molecule has 0 radical (unpaired) electrons. The third-order valence-electron chi connectivity index (χ3n) is 4.23. The molecule has 1 aromatic carbocycles. The number of nitrogens with one attached hydrogen (secondary N) is 1. The van der Waals surface area contributed by atoms with Gasteiger partial charge in [-0.2, -0.15) is 0 Å². The van der Waals surface area contributed by atoms with Crippen molar-refractivity contribution in [3.63, 3.8) is 0 Å². The van der Waals surface area contributed by atoms with E-state index in [1.165, 1.54) is 12.8 Å². The van der Waals surface area contributed by atoms with Crippen LogP contribution >= 0.6 is 40.7 Å². The van der Waals surface area contributed by atoms with Gasteiger partial charge in [-0.25, -0.2) is 0 Å². The number of piperazine rings is 1. The minimum Gasteiger partial charge on any atom is -0.507 e. The van der Waals surface area contributed by atoms with Crippen molar-refractivity contribution in [1.82, 2.24) is 10.2 Å². The molecular formula is C15H23BrCl2N2O. The van der Waals surface area contributed by atoms with Crippen LogP contribution in [0.5, 0.6) is 5.75 Å². The SMILES string of the molecule is Cc1cc(Br)cc([C@@H](C2CC2)N2CCNCC2)c1O.Cl.Cl. The molecule has 2 fully saturated rings. The first-order valence-corrected chi connectivity index (χ1v) is 7.90. The predicted molar refractivity (Wildman–Crippen MR) is 94.9 cm³/mol. The summed E-state index contributed by atoms with van der Waals surface area (Å²) >= 11 is 3.57. The first-order chi connectivity index (χ1) is 9.16. The number of aryl methyl sites for hydroxylation is 1. The second-order valence-corrected chi connectivity index (χ2v) is 6.64. The van der Waals surface area contributed by atoms with Crippen LogP contribution in [0.25, 0.3) is 0 Å². The highest BCUT2D eigenvalue weighted by Crippen LogP contribution is 2.48. The highest BCUT2D eigenvalue weighted by atomic mass is 79.9. The molecule has 1 aromatic rings. The summed E-state index contributed by atoms with van der Waals surface area (Å²) < 4.78 is 1.07. The third-order valence-corrected chi connectivity index (χ3v) is 4.68. The number of aromatic hydroxyl groups is 1. The van der Waals surface area contributed by atoms with Crippen LogP contribution in [-0.4, -0.2) is 36.2 Å². The third kappa shape index (κ3) is 4.26. The summed E-state index contributed by atoms with van der Waals surface area (Å²) in [6, 6.07) is 4.48. The van der Waals surface area contributed by atoms with E-state index in [4.69, 9.17) is 0 Å². The topological polar surface area (TPSA) is 35.5 Å². The molecule has 1 heterocycles. The molecule has 1 saturated heterocycles. The second-order valence-electron chi connectivity index (χ2n) is 5.73. The Morgan fingerprint density at radius 1 is 1.24 bits per heavy atom. The van der Waals surface area contributed by atoms with Crippen LogP contribution in [0.4, 0.5) is 0 Å². The lowest BCUT2D eigenvalue weighted by Gasteiger charge is -2.36. The lowest BCUT2D eigenvalue weighted by Crippen LogP contribution is -2.45. The molecule has 0 amide bonds. The van der Waals surface area contributed by atoms with Gasteiger partial charge in [-0.1, -0.05) is 15.9 Å². The van der Waals surface area contributed by atoms with Crippen molar-refractivity contribution in [2.45, 2.75) is 25.8 Å². The van der Waals surface area contributed by atoms with Crippen LogP contribution in [-0.2, 0) is 0 Å². The number of halogens is 3. The van der Waals surface area contributed by atoms with Gasteiger partial charge < -0.3 is 10.4 Å². The van der Waals surface area contributed by atoms with Gasteiger partial charge in [-0.3, -0.25) is 4.90 Å². The normalized spacial score (nSPS) is 20.3. The second kappa shape index (κ2) is 8.02. The Morgan fingerprint density at radius 2 is 1.86 bits per heavy atom. The van der Waals surface area contributed by atoms with E-state index in [0.717, 1.165) is 47.7 Å². The molecule has 1 atom stereocenters. The van der Waals surface area contributed by atoms with Crippen molar-refractivity contribution < 1.29 is 5.11 Å². The minimum atomic E-state index is 0. The molecule has 1 aliphatic heterocycles. The van der Waals surface area contributed by atoms with Crippen LogP contribution in [0.15, 0.2) is 16.6 Å². The zero-order valence-electron chi connectivity index (χ0n) is 12.1. The van der Waals surface area contributed by atoms with E-state index < -0.39 is 0 Å². The summed E-state index contributed by atoms with van der Waals surface area (Å²) in [5, 5.41) is 13.8. The fraction of sp³-hybridized carbons (Fsp3) is 0.600. The fourth-order valence-electron chi connectivity index (χ4n) is 3.11. The Balaban J connectivity index is 0.00000110. The van der Waals surface area contributed by atoms with E-state index in [0.29, 0.717) is 11.8 Å². The summed E-state index contributed by atoms with van der Waals surface area (Å²) in [5.74, 6) is 1.20. The Morgan fingerprint density at radius 3 is 2.43 bits per heavy atom. The van der Waals surface area contributed by atoms with Crippen LogP contribution < -0.4 is 5.32 Å². The molecule has 2 aliphatic rings. The Kier molecular flexibility index (Phi) is 7.28. The van der Waals surface area contributed by atoms with E-state index >= 15 is 0 Å². The van der Waals surface area contributed by atoms with Gasteiger partial charge in [-0.15, -0.1) is 24.8 Å². The first-order valence-electron chi connectivity index (χ1n) is 7.10. The van der Waals surface area contributed by atoms with E-state index in [9.17, 15) is 5.11 Å². The van der Waals surface area contributed by atoms with Crippen molar-refractivity contribution in [3.05, 3.63) is 27.7 Å². The number of hydrogen-bond donors (Lipinski definition) is 2. The van der Waals surface area contributed by atoms with Crippen LogP contribution in [0, 0.1) is 12.8 Å². The van der Waals surface area contributed by atoms with Gasteiger partial charge in [0.1, 0.15) is 5.75 Å². The van der Waals surface area contributed by atoms with Crippen molar-refractivity contribution in [2.75, 3.05) is 26.2 Å². The quantitative estimate of drug-likeness (QED) is 0.816. The van der Waals surface area contributed by atoms with Crippen LogP contribution in [0.2, 0.25) is 0 Å². The average Bonchev–Trinajstić information content (AvgIpc) is 3.21. The molecule has 120 valence electrons. The summed E-state index contributed by atoms with van der Waals surface area (Å²) in [6.45, 7) is 6.23. The highest BCUT2D eigenvalue weighted by Gasteiger charge is 2.38. The summed E-state index contributed by atoms with van der Waals surface area (Å²) in [7, 11) is 0. The van der Waals surface area contributed by atoms with Crippen molar-refractivity contribution in [1.29, 1.82) is 0 Å². The van der Waals surface area contributed by atoms with Gasteiger partial charge in [0.05, 0.1) is 0 Å². The lowest BCUT2D eigenvalue weighted by molar-refractivity contribution is 0.153. The van der Waals surface area contributed by atoms with E-state index in [1.54, 1.807) is 0 Å². The Hall–Kier alpha value is -0.000000000000000111. The number of phenols is 1. The van der Waals surface area contributed by atoms with E-state index in [1.807, 2.05) is 13.0 Å². The molecule has 1 saturated carbocycles. The van der Waals surface area contributed by atoms with E-state index in [-0.39, 0.29) is 24.8 Å². The maximum absolute atomic E-state index is 10.4. The van der Waals surface area contributed by atoms with Crippen LogP contribution in [0.1, 0.15) is 30.0 Å². The minimum absolute atomic E-state index is 0. The molecule has 21 heavy (non-hydrogen) atoms. The molecule has 1 aliphatic carbocycles. The average molecular weight is 398 g/mol. The molecule has 3 nitrogen and oxygen atoms in total. The number of benzene rings is 1. The summed E-state index contributed by atoms with van der Waals surface area (Å²) in [5.41, 5.74) is 2.07. The summed E-state index contributed by atoms with van der Waals surface area (Å²) in [6.07, 6.45) is 2.58. The van der Waals surface area contributed by atoms with Crippen molar-refractivity contribution in [3.8, 4) is 5.75 Å². The zero-order chi connectivity index (χ0) is 13.4. The lowest BCUT2D eigenvalue weighted by atomic mass is 9.97. The predicted octanol–water partition coefficient (Wildman–Crippen LogP) is 3.66. The maximum Gasteiger partial charge on any atom is 0.123 e. The first kappa shape index (κ1) is 19.0. The van der Waals surface area contributed by atoms with Crippen LogP contribution in [0.3, 0.4) is 0 Å². The van der Waals surface area contributed by atoms with Gasteiger partial charge in [0.2, 0.25) is 0 Å². The van der Waals surface area contributed by atoms with Gasteiger partial charge in [-0.05, 0) is 43.4 Å². The van der Waals surface area contributed by atoms with Gasteiger partial charge in [0.25, 0.3) is 0 Å². The number of hydrogen-bond acceptors (Lipinski definition) is 3. The molecule has 0 aromatic heterocycles. The number of phenolic OH excluding ortho intramolecular Hbond substituents is 1. The molecule has 3 rings (SSSR count). The van der Waals surface area contributed by atoms with Gasteiger partial charge in [0, 0.05) is 42.3 Å². The monoisotopic (exact) mass is 396 g/mol. The molecule has 0 bridgehead atoms. The number of rotatable bonds is 3. The smallest absolute Gasteiger partial charge is 0.123 e. The maximum atomic E-state index is 10.4.